The standard InChI is InChI=1S/C12H7Br2F2NO/c1-6-2-8(14)12(17-5-6)18-10-4-7(13)3-9(15)11(10)16/h2-5H,1H3. The fraction of sp³-hybridized carbons (Fsp3) is 0.0833. The van der Waals surface area contributed by atoms with Gasteiger partial charge in [-0.3, -0.25) is 0 Å². The zero-order valence-electron chi connectivity index (χ0n) is 9.18. The monoisotopic (exact) mass is 377 g/mol. The lowest BCUT2D eigenvalue weighted by molar-refractivity contribution is 0.403. The highest BCUT2D eigenvalue weighted by Crippen LogP contribution is 2.32. The van der Waals surface area contributed by atoms with Gasteiger partial charge in [0.1, 0.15) is 0 Å². The first kappa shape index (κ1) is 13.4. The van der Waals surface area contributed by atoms with Gasteiger partial charge in [0.25, 0.3) is 0 Å². The average Bonchev–Trinajstić information content (AvgIpc) is 2.29. The number of halogens is 4. The van der Waals surface area contributed by atoms with Gasteiger partial charge in [-0.05, 0) is 46.6 Å². The Bertz CT molecular complexity index is 605. The Hall–Kier alpha value is -1.01. The van der Waals surface area contributed by atoms with Gasteiger partial charge in [-0.25, -0.2) is 9.37 Å². The van der Waals surface area contributed by atoms with Crippen LogP contribution in [0.25, 0.3) is 0 Å². The van der Waals surface area contributed by atoms with Crippen molar-refractivity contribution in [2.75, 3.05) is 0 Å². The van der Waals surface area contributed by atoms with Gasteiger partial charge in [-0.2, -0.15) is 4.39 Å². The van der Waals surface area contributed by atoms with E-state index in [9.17, 15) is 8.78 Å². The first-order valence-corrected chi connectivity index (χ1v) is 6.50. The molecule has 0 unspecified atom stereocenters. The van der Waals surface area contributed by atoms with Crippen molar-refractivity contribution in [1.82, 2.24) is 4.98 Å². The first-order valence-electron chi connectivity index (χ1n) is 4.92. The third kappa shape index (κ3) is 2.87. The summed E-state index contributed by atoms with van der Waals surface area (Å²) in [5.74, 6) is -2.08. The predicted molar refractivity (Wildman–Crippen MR) is 70.8 cm³/mol. The summed E-state index contributed by atoms with van der Waals surface area (Å²) in [4.78, 5) is 4.00. The highest BCUT2D eigenvalue weighted by molar-refractivity contribution is 9.10. The maximum atomic E-state index is 13.5. The second-order valence-corrected chi connectivity index (χ2v) is 5.37. The third-order valence-corrected chi connectivity index (χ3v) is 3.14. The fourth-order valence-corrected chi connectivity index (χ4v) is 2.26. The van der Waals surface area contributed by atoms with Gasteiger partial charge in [0, 0.05) is 10.7 Å². The summed E-state index contributed by atoms with van der Waals surface area (Å²) in [5.41, 5.74) is 0.926. The van der Waals surface area contributed by atoms with Gasteiger partial charge >= 0.3 is 0 Å². The van der Waals surface area contributed by atoms with Crippen LogP contribution in [0, 0.1) is 18.6 Å². The lowest BCUT2D eigenvalue weighted by Crippen LogP contribution is -1.95. The quantitative estimate of drug-likeness (QED) is 0.687. The van der Waals surface area contributed by atoms with Crippen molar-refractivity contribution in [3.63, 3.8) is 0 Å². The zero-order valence-corrected chi connectivity index (χ0v) is 12.3. The largest absolute Gasteiger partial charge is 0.435 e. The van der Waals surface area contributed by atoms with E-state index in [0.717, 1.165) is 11.6 Å². The minimum absolute atomic E-state index is 0.178. The smallest absolute Gasteiger partial charge is 0.233 e. The lowest BCUT2D eigenvalue weighted by atomic mass is 10.3. The van der Waals surface area contributed by atoms with E-state index in [1.807, 2.05) is 6.92 Å². The molecule has 0 radical (unpaired) electrons. The minimum Gasteiger partial charge on any atom is -0.435 e. The number of hydrogen-bond acceptors (Lipinski definition) is 2. The van der Waals surface area contributed by atoms with Crippen molar-refractivity contribution in [3.05, 3.63) is 50.5 Å². The van der Waals surface area contributed by atoms with E-state index in [1.54, 1.807) is 12.3 Å². The topological polar surface area (TPSA) is 22.1 Å². The molecular weight excluding hydrogens is 372 g/mol. The van der Waals surface area contributed by atoms with Gasteiger partial charge in [-0.15, -0.1) is 0 Å². The molecule has 2 aromatic rings. The summed E-state index contributed by atoms with van der Waals surface area (Å²) in [5, 5.41) is 0. The molecule has 0 saturated carbocycles. The number of aryl methyl sites for hydroxylation is 1. The van der Waals surface area contributed by atoms with Crippen LogP contribution in [0.2, 0.25) is 0 Å². The Morgan fingerprint density at radius 2 is 1.89 bits per heavy atom. The summed E-state index contributed by atoms with van der Waals surface area (Å²) >= 11 is 6.32. The van der Waals surface area contributed by atoms with Crippen LogP contribution >= 0.6 is 31.9 Å². The first-order chi connectivity index (χ1) is 8.47. The molecule has 0 saturated heterocycles. The number of ether oxygens (including phenoxy) is 1. The highest BCUT2D eigenvalue weighted by Gasteiger charge is 2.14. The fourth-order valence-electron chi connectivity index (χ4n) is 1.31. The second kappa shape index (κ2) is 5.32. The van der Waals surface area contributed by atoms with E-state index in [2.05, 4.69) is 36.8 Å². The van der Waals surface area contributed by atoms with E-state index >= 15 is 0 Å². The lowest BCUT2D eigenvalue weighted by Gasteiger charge is -2.08. The molecule has 0 aliphatic heterocycles. The molecule has 1 aromatic carbocycles. The van der Waals surface area contributed by atoms with E-state index in [-0.39, 0.29) is 11.6 Å². The van der Waals surface area contributed by atoms with E-state index in [0.29, 0.717) is 8.95 Å². The van der Waals surface area contributed by atoms with Crippen LogP contribution in [0.3, 0.4) is 0 Å². The van der Waals surface area contributed by atoms with Crippen molar-refractivity contribution in [2.45, 2.75) is 6.92 Å². The van der Waals surface area contributed by atoms with Crippen molar-refractivity contribution in [2.24, 2.45) is 0 Å². The number of aromatic nitrogens is 1. The molecule has 18 heavy (non-hydrogen) atoms. The van der Waals surface area contributed by atoms with E-state index in [1.165, 1.54) is 6.07 Å². The second-order valence-electron chi connectivity index (χ2n) is 3.60. The van der Waals surface area contributed by atoms with Crippen LogP contribution < -0.4 is 4.74 Å². The van der Waals surface area contributed by atoms with Crippen LogP contribution in [-0.4, -0.2) is 4.98 Å². The molecule has 2 rings (SSSR count). The molecule has 0 atom stereocenters. The van der Waals surface area contributed by atoms with Gasteiger partial charge in [-0.1, -0.05) is 15.9 Å². The Kier molecular flexibility index (Phi) is 3.97. The van der Waals surface area contributed by atoms with E-state index in [4.69, 9.17) is 4.74 Å². The third-order valence-electron chi connectivity index (χ3n) is 2.11. The summed E-state index contributed by atoms with van der Waals surface area (Å²) < 4.78 is 32.9. The van der Waals surface area contributed by atoms with E-state index < -0.39 is 11.6 Å². The molecule has 2 nitrogen and oxygen atoms in total. The van der Waals surface area contributed by atoms with Crippen LogP contribution in [-0.2, 0) is 0 Å². The Balaban J connectivity index is 2.40. The number of rotatable bonds is 2. The molecule has 1 heterocycles. The van der Waals surface area contributed by atoms with Crippen LogP contribution in [0.4, 0.5) is 8.78 Å². The molecule has 0 aliphatic rings. The van der Waals surface area contributed by atoms with Crippen molar-refractivity contribution < 1.29 is 13.5 Å². The molecule has 0 fully saturated rings. The molecule has 1 aromatic heterocycles. The maximum absolute atomic E-state index is 13.5. The summed E-state index contributed by atoms with van der Waals surface area (Å²) in [6.45, 7) is 1.86. The van der Waals surface area contributed by atoms with Gasteiger partial charge in [0.2, 0.25) is 11.7 Å². The summed E-state index contributed by atoms with van der Waals surface area (Å²) in [6.07, 6.45) is 1.58. The summed E-state index contributed by atoms with van der Waals surface area (Å²) in [7, 11) is 0. The van der Waals surface area contributed by atoms with Crippen molar-refractivity contribution in [1.29, 1.82) is 0 Å². The number of nitrogens with zero attached hydrogens (tertiary/aromatic N) is 1. The van der Waals surface area contributed by atoms with Crippen LogP contribution in [0.15, 0.2) is 33.3 Å². The van der Waals surface area contributed by atoms with Gasteiger partial charge < -0.3 is 4.74 Å². The highest BCUT2D eigenvalue weighted by atomic mass is 79.9. The Morgan fingerprint density at radius 3 is 2.56 bits per heavy atom. The SMILES string of the molecule is Cc1cnc(Oc2cc(Br)cc(F)c2F)c(Br)c1. The Labute approximate surface area is 119 Å². The number of benzene rings is 1. The molecular formula is C12H7Br2F2NO. The molecule has 0 bridgehead atoms. The van der Waals surface area contributed by atoms with Gasteiger partial charge in [0.15, 0.2) is 11.6 Å². The van der Waals surface area contributed by atoms with Crippen molar-refractivity contribution in [3.8, 4) is 11.6 Å². The zero-order chi connectivity index (χ0) is 13.3. The number of pyridine rings is 1. The van der Waals surface area contributed by atoms with Gasteiger partial charge in [0.05, 0.1) is 4.47 Å². The van der Waals surface area contributed by atoms with Crippen LogP contribution in [0.1, 0.15) is 5.56 Å². The predicted octanol–water partition coefficient (Wildman–Crippen LogP) is 4.99. The normalized spacial score (nSPS) is 10.5. The molecule has 0 aliphatic carbocycles. The molecule has 0 spiro atoms. The van der Waals surface area contributed by atoms with Crippen LogP contribution in [0.5, 0.6) is 11.6 Å². The maximum Gasteiger partial charge on any atom is 0.233 e. The average molecular weight is 379 g/mol. The summed E-state index contributed by atoms with van der Waals surface area (Å²) in [6, 6.07) is 4.14. The molecule has 94 valence electrons. The molecule has 0 N–H and O–H groups in total. The Morgan fingerprint density at radius 1 is 1.17 bits per heavy atom. The molecule has 0 amide bonds. The van der Waals surface area contributed by atoms with Crippen molar-refractivity contribution >= 4 is 31.9 Å². The molecule has 6 heteroatoms. The minimum atomic E-state index is -1.05. The number of hydrogen-bond donors (Lipinski definition) is 0.